The van der Waals surface area contributed by atoms with Gasteiger partial charge in [0.05, 0.1) is 28.7 Å². The van der Waals surface area contributed by atoms with Crippen molar-refractivity contribution >= 4 is 23.5 Å². The summed E-state index contributed by atoms with van der Waals surface area (Å²) < 4.78 is 31.9. The number of carbonyl (C=O) groups is 1. The topological polar surface area (TPSA) is 68.0 Å². The Bertz CT molecular complexity index is 869. The number of aromatic nitrogens is 2. The lowest BCUT2D eigenvalue weighted by atomic mass is 10.1. The van der Waals surface area contributed by atoms with Gasteiger partial charge in [-0.1, -0.05) is 11.6 Å². The van der Waals surface area contributed by atoms with E-state index in [1.165, 1.54) is 30.7 Å². The Hall–Kier alpha value is -2.80. The van der Waals surface area contributed by atoms with E-state index in [2.05, 4.69) is 15.3 Å². The first-order valence-corrected chi connectivity index (χ1v) is 6.74. The zero-order chi connectivity index (χ0) is 16.4. The van der Waals surface area contributed by atoms with Gasteiger partial charge in [-0.25, -0.2) is 13.8 Å². The number of benzene rings is 1. The maximum absolute atomic E-state index is 13.8. The molecule has 116 valence electrons. The Balaban J connectivity index is 1.95. The van der Waals surface area contributed by atoms with Crippen LogP contribution in [0, 0.1) is 11.6 Å². The summed E-state index contributed by atoms with van der Waals surface area (Å²) in [6.45, 7) is 0. The van der Waals surface area contributed by atoms with Crippen molar-refractivity contribution in [3.8, 4) is 11.3 Å². The molecule has 23 heavy (non-hydrogen) atoms. The third kappa shape index (κ3) is 3.19. The van der Waals surface area contributed by atoms with Gasteiger partial charge in [-0.3, -0.25) is 15.1 Å². The van der Waals surface area contributed by atoms with Gasteiger partial charge in [0.25, 0.3) is 5.91 Å². The van der Waals surface area contributed by atoms with Gasteiger partial charge in [0.2, 0.25) is 0 Å². The van der Waals surface area contributed by atoms with E-state index in [-0.39, 0.29) is 22.3 Å². The summed E-state index contributed by atoms with van der Waals surface area (Å²) >= 11 is 5.72. The van der Waals surface area contributed by atoms with Crippen LogP contribution in [0.25, 0.3) is 11.3 Å². The lowest BCUT2D eigenvalue weighted by Gasteiger charge is -2.06. The number of pyridine rings is 1. The van der Waals surface area contributed by atoms with Crippen LogP contribution >= 0.6 is 11.6 Å². The lowest BCUT2D eigenvalue weighted by molar-refractivity contribution is 0.102. The summed E-state index contributed by atoms with van der Waals surface area (Å²) in [5.74, 6) is -2.15. The van der Waals surface area contributed by atoms with Crippen molar-refractivity contribution in [1.82, 2.24) is 9.97 Å². The average Bonchev–Trinajstić information content (AvgIpc) is 3.03. The molecule has 0 spiro atoms. The predicted molar refractivity (Wildman–Crippen MR) is 79.1 cm³/mol. The molecule has 0 atom stereocenters. The molecule has 1 N–H and O–H groups in total. The van der Waals surface area contributed by atoms with Crippen molar-refractivity contribution in [2.45, 2.75) is 0 Å². The molecule has 3 aromatic rings. The van der Waals surface area contributed by atoms with Crippen molar-refractivity contribution in [3.05, 3.63) is 65.1 Å². The zero-order valence-electron chi connectivity index (χ0n) is 11.4. The molecule has 5 nitrogen and oxygen atoms in total. The fourth-order valence-corrected chi connectivity index (χ4v) is 2.06. The number of amides is 1. The van der Waals surface area contributed by atoms with Crippen molar-refractivity contribution in [2.24, 2.45) is 0 Å². The second-order valence-corrected chi connectivity index (χ2v) is 4.88. The molecule has 1 aromatic carbocycles. The number of nitrogens with one attached hydrogen (secondary N) is 1. The molecule has 0 radical (unpaired) electrons. The van der Waals surface area contributed by atoms with Crippen molar-refractivity contribution in [1.29, 1.82) is 0 Å². The molecular formula is C15H8ClF2N3O2. The summed E-state index contributed by atoms with van der Waals surface area (Å²) in [6, 6.07) is 5.11. The second kappa shape index (κ2) is 6.13. The molecular weight excluding hydrogens is 328 g/mol. The minimum atomic E-state index is -0.814. The third-order valence-electron chi connectivity index (χ3n) is 2.97. The molecule has 0 aliphatic rings. The van der Waals surface area contributed by atoms with Gasteiger partial charge in [-0.15, -0.1) is 0 Å². The molecule has 2 aromatic heterocycles. The lowest BCUT2D eigenvalue weighted by Crippen LogP contribution is -2.14. The summed E-state index contributed by atoms with van der Waals surface area (Å²) in [5.41, 5.74) is 0.459. The number of oxazole rings is 1. The van der Waals surface area contributed by atoms with Gasteiger partial charge < -0.3 is 4.42 Å². The maximum atomic E-state index is 13.8. The van der Waals surface area contributed by atoms with Gasteiger partial charge in [0.1, 0.15) is 12.1 Å². The van der Waals surface area contributed by atoms with Gasteiger partial charge in [0.15, 0.2) is 5.82 Å². The minimum Gasteiger partial charge on any atom is -0.432 e. The molecule has 2 heterocycles. The van der Waals surface area contributed by atoms with Crippen LogP contribution in [0.15, 0.2) is 47.3 Å². The number of carbonyl (C=O) groups excluding carboxylic acids is 1. The first-order valence-electron chi connectivity index (χ1n) is 6.36. The Morgan fingerprint density at radius 2 is 2.00 bits per heavy atom. The molecule has 3 rings (SSSR count). The van der Waals surface area contributed by atoms with Gasteiger partial charge in [-0.05, 0) is 24.3 Å². The minimum absolute atomic E-state index is 0.0578. The Labute approximate surface area is 133 Å². The van der Waals surface area contributed by atoms with Crippen molar-refractivity contribution in [2.75, 3.05) is 5.32 Å². The maximum Gasteiger partial charge on any atom is 0.301 e. The molecule has 0 saturated heterocycles. The number of anilines is 1. The average molecular weight is 336 g/mol. The second-order valence-electron chi connectivity index (χ2n) is 4.47. The Kier molecular flexibility index (Phi) is 4.03. The Morgan fingerprint density at radius 3 is 2.70 bits per heavy atom. The number of nitrogens with zero attached hydrogens (tertiary/aromatic N) is 2. The van der Waals surface area contributed by atoms with Crippen LogP contribution in [0.2, 0.25) is 5.02 Å². The molecule has 0 fully saturated rings. The predicted octanol–water partition coefficient (Wildman–Crippen LogP) is 3.92. The largest absolute Gasteiger partial charge is 0.432 e. The fourth-order valence-electron chi connectivity index (χ4n) is 1.88. The zero-order valence-corrected chi connectivity index (χ0v) is 12.1. The van der Waals surface area contributed by atoms with Gasteiger partial charge >= 0.3 is 6.01 Å². The van der Waals surface area contributed by atoms with E-state index in [9.17, 15) is 13.6 Å². The highest BCUT2D eigenvalue weighted by Crippen LogP contribution is 2.25. The van der Waals surface area contributed by atoms with Gasteiger partial charge in [-0.2, -0.15) is 0 Å². The van der Waals surface area contributed by atoms with E-state index in [4.69, 9.17) is 16.0 Å². The van der Waals surface area contributed by atoms with Crippen LogP contribution in [0.4, 0.5) is 14.8 Å². The number of halogens is 3. The molecule has 0 bridgehead atoms. The SMILES string of the molecule is O=C(Nc1ncco1)c1cc(-c2ccc(F)c(Cl)c2)ncc1F. The van der Waals surface area contributed by atoms with Crippen LogP contribution in [0.1, 0.15) is 10.4 Å². The smallest absolute Gasteiger partial charge is 0.301 e. The first-order chi connectivity index (χ1) is 11.0. The van der Waals surface area contributed by atoms with E-state index >= 15 is 0 Å². The number of rotatable bonds is 3. The van der Waals surface area contributed by atoms with Crippen LogP contribution in [-0.2, 0) is 0 Å². The first kappa shape index (κ1) is 15.1. The van der Waals surface area contributed by atoms with E-state index in [0.29, 0.717) is 5.56 Å². The summed E-state index contributed by atoms with van der Waals surface area (Å²) in [6.07, 6.45) is 3.51. The van der Waals surface area contributed by atoms with Crippen LogP contribution in [-0.4, -0.2) is 15.9 Å². The third-order valence-corrected chi connectivity index (χ3v) is 3.26. The molecule has 0 aliphatic heterocycles. The monoisotopic (exact) mass is 335 g/mol. The van der Waals surface area contributed by atoms with Gasteiger partial charge in [0, 0.05) is 5.56 Å². The normalized spacial score (nSPS) is 10.6. The molecule has 8 heteroatoms. The van der Waals surface area contributed by atoms with E-state index in [1.807, 2.05) is 0 Å². The van der Waals surface area contributed by atoms with Crippen LogP contribution < -0.4 is 5.32 Å². The highest BCUT2D eigenvalue weighted by atomic mass is 35.5. The Morgan fingerprint density at radius 1 is 1.17 bits per heavy atom. The molecule has 0 saturated carbocycles. The summed E-state index contributed by atoms with van der Waals surface area (Å²) in [7, 11) is 0. The van der Waals surface area contributed by atoms with E-state index in [1.54, 1.807) is 0 Å². The number of hydrogen-bond donors (Lipinski definition) is 1. The number of hydrogen-bond acceptors (Lipinski definition) is 4. The van der Waals surface area contributed by atoms with Crippen molar-refractivity contribution < 1.29 is 18.0 Å². The molecule has 0 aliphatic carbocycles. The fraction of sp³-hybridized carbons (Fsp3) is 0. The summed E-state index contributed by atoms with van der Waals surface area (Å²) in [5, 5.41) is 2.21. The highest BCUT2D eigenvalue weighted by Gasteiger charge is 2.16. The van der Waals surface area contributed by atoms with Crippen LogP contribution in [0.3, 0.4) is 0 Å². The molecule has 1 amide bonds. The van der Waals surface area contributed by atoms with Crippen LogP contribution in [0.5, 0.6) is 0 Å². The van der Waals surface area contributed by atoms with E-state index < -0.39 is 17.5 Å². The van der Waals surface area contributed by atoms with E-state index in [0.717, 1.165) is 12.3 Å². The quantitative estimate of drug-likeness (QED) is 0.787. The summed E-state index contributed by atoms with van der Waals surface area (Å²) in [4.78, 5) is 19.7. The highest BCUT2D eigenvalue weighted by molar-refractivity contribution is 6.31. The standard InChI is InChI=1S/C15H8ClF2N3O2/c16-10-5-8(1-2-11(10)17)13-6-9(12(18)7-20-13)14(22)21-15-19-3-4-23-15/h1-7H,(H,19,21,22). The van der Waals surface area contributed by atoms with Crippen molar-refractivity contribution in [3.63, 3.8) is 0 Å². The molecule has 0 unspecified atom stereocenters.